The molecule has 6 atom stereocenters. The third-order valence-corrected chi connectivity index (χ3v) is 8.96. The van der Waals surface area contributed by atoms with E-state index >= 15 is 0 Å². The Morgan fingerprint density at radius 1 is 1.09 bits per heavy atom. The second kappa shape index (κ2) is 10.6. The van der Waals surface area contributed by atoms with Crippen LogP contribution in [0.2, 0.25) is 0 Å². The molecule has 0 bridgehead atoms. The van der Waals surface area contributed by atoms with Crippen molar-refractivity contribution in [1.29, 1.82) is 0 Å². The van der Waals surface area contributed by atoms with Gasteiger partial charge in [0.05, 0.1) is 17.8 Å². The first-order valence-corrected chi connectivity index (χ1v) is 13.2. The van der Waals surface area contributed by atoms with Gasteiger partial charge < -0.3 is 15.3 Å². The van der Waals surface area contributed by atoms with E-state index in [1.54, 1.807) is 5.57 Å². The highest BCUT2D eigenvalue weighted by Crippen LogP contribution is 2.56. The molecule has 0 aromatic carbocycles. The van der Waals surface area contributed by atoms with Crippen LogP contribution in [0.3, 0.4) is 0 Å². The number of aliphatic hydroxyl groups excluding tert-OH is 2. The summed E-state index contributed by atoms with van der Waals surface area (Å²) in [5.74, 6) is 2.08. The molecule has 3 aliphatic rings. The molecule has 0 amide bonds. The minimum Gasteiger partial charge on any atom is -0.390 e. The van der Waals surface area contributed by atoms with Crippen LogP contribution in [0.1, 0.15) is 105 Å². The fraction of sp³-hybridized carbons (Fsp3) is 0.793. The molecule has 0 heterocycles. The molecule has 3 fully saturated rings. The topological polar surface area (TPSA) is 60.7 Å². The first-order chi connectivity index (χ1) is 15.0. The van der Waals surface area contributed by atoms with E-state index in [4.69, 9.17) is 0 Å². The van der Waals surface area contributed by atoms with E-state index < -0.39 is 17.8 Å². The molecule has 0 aliphatic heterocycles. The molecule has 3 nitrogen and oxygen atoms in total. The molecule has 3 heteroatoms. The molecule has 3 N–H and O–H groups in total. The lowest BCUT2D eigenvalue weighted by atomic mass is 9.55. The largest absolute Gasteiger partial charge is 0.390 e. The standard InChI is InChI=1S/C29H48O3/c1-20(10-8-16-28(3,4)32)24-12-6-7-13-25-23(11-9-17-29(24,25)5)15-14-22-18-26(30)21(2)27(31)19-22/h14-15,20,24-27,30-32H,2,6-13,16-19H2,1,3-5H3/b23-15+/t20-,24+,25+,26-,27-,29-/m1/s1. The Morgan fingerprint density at radius 2 is 1.75 bits per heavy atom. The zero-order chi connectivity index (χ0) is 23.5. The average Bonchev–Trinajstić information content (AvgIpc) is 2.88. The third-order valence-electron chi connectivity index (χ3n) is 8.96. The highest BCUT2D eigenvalue weighted by atomic mass is 16.3. The summed E-state index contributed by atoms with van der Waals surface area (Å²) in [7, 11) is 0. The molecular formula is C29H48O3. The normalized spacial score (nSPS) is 36.5. The maximum atomic E-state index is 10.2. The summed E-state index contributed by atoms with van der Waals surface area (Å²) >= 11 is 0. The van der Waals surface area contributed by atoms with Gasteiger partial charge in [-0.1, -0.05) is 69.4 Å². The van der Waals surface area contributed by atoms with E-state index in [1.165, 1.54) is 51.4 Å². The number of hydrogen-bond donors (Lipinski definition) is 3. The summed E-state index contributed by atoms with van der Waals surface area (Å²) in [6, 6.07) is 0. The number of rotatable bonds is 6. The molecule has 0 radical (unpaired) electrons. The highest BCUT2D eigenvalue weighted by molar-refractivity contribution is 5.29. The monoisotopic (exact) mass is 444 g/mol. The molecular weight excluding hydrogens is 396 g/mol. The minimum atomic E-state index is -0.618. The van der Waals surface area contributed by atoms with Crippen molar-refractivity contribution in [2.45, 2.75) is 123 Å². The zero-order valence-electron chi connectivity index (χ0n) is 21.1. The van der Waals surface area contributed by atoms with Crippen molar-refractivity contribution in [3.63, 3.8) is 0 Å². The van der Waals surface area contributed by atoms with Crippen LogP contribution in [-0.4, -0.2) is 33.1 Å². The summed E-state index contributed by atoms with van der Waals surface area (Å²) in [6.07, 6.45) is 16.8. The van der Waals surface area contributed by atoms with Crippen LogP contribution in [0.25, 0.3) is 0 Å². The molecule has 3 saturated carbocycles. The molecule has 3 rings (SSSR count). The Bertz CT molecular complexity index is 696. The van der Waals surface area contributed by atoms with E-state index in [-0.39, 0.29) is 0 Å². The second-order valence-electron chi connectivity index (χ2n) is 12.1. The van der Waals surface area contributed by atoms with Gasteiger partial charge in [0.25, 0.3) is 0 Å². The maximum absolute atomic E-state index is 10.2. The van der Waals surface area contributed by atoms with Gasteiger partial charge in [-0.2, -0.15) is 0 Å². The molecule has 0 aromatic heterocycles. The Kier molecular flexibility index (Phi) is 8.50. The summed E-state index contributed by atoms with van der Waals surface area (Å²) in [5.41, 5.74) is 3.09. The van der Waals surface area contributed by atoms with Gasteiger partial charge in [-0.25, -0.2) is 0 Å². The predicted octanol–water partition coefficient (Wildman–Crippen LogP) is 6.48. The Hall–Kier alpha value is -0.900. The average molecular weight is 445 g/mol. The minimum absolute atomic E-state index is 0.354. The van der Waals surface area contributed by atoms with Crippen molar-refractivity contribution in [2.24, 2.45) is 23.2 Å². The van der Waals surface area contributed by atoms with Crippen LogP contribution in [0, 0.1) is 23.2 Å². The lowest BCUT2D eigenvalue weighted by molar-refractivity contribution is 0.0347. The second-order valence-corrected chi connectivity index (χ2v) is 12.1. The van der Waals surface area contributed by atoms with Gasteiger partial charge in [-0.15, -0.1) is 0 Å². The lowest BCUT2D eigenvalue weighted by Gasteiger charge is -2.49. The van der Waals surface area contributed by atoms with Crippen LogP contribution in [0.4, 0.5) is 0 Å². The van der Waals surface area contributed by atoms with Crippen molar-refractivity contribution in [3.05, 3.63) is 35.5 Å². The van der Waals surface area contributed by atoms with E-state index in [0.717, 1.165) is 24.3 Å². The molecule has 0 saturated heterocycles. The molecule has 0 aromatic rings. The summed E-state index contributed by atoms with van der Waals surface area (Å²) in [4.78, 5) is 0. The van der Waals surface area contributed by atoms with E-state index in [2.05, 4.69) is 32.6 Å². The lowest BCUT2D eigenvalue weighted by Crippen LogP contribution is -2.41. The Balaban J connectivity index is 1.76. The van der Waals surface area contributed by atoms with Gasteiger partial charge in [0.15, 0.2) is 0 Å². The Labute approximate surface area is 196 Å². The molecule has 32 heavy (non-hydrogen) atoms. The van der Waals surface area contributed by atoms with Crippen molar-refractivity contribution in [1.82, 2.24) is 0 Å². The number of hydrogen-bond acceptors (Lipinski definition) is 3. The predicted molar refractivity (Wildman–Crippen MR) is 133 cm³/mol. The van der Waals surface area contributed by atoms with Gasteiger partial charge >= 0.3 is 0 Å². The summed E-state index contributed by atoms with van der Waals surface area (Å²) < 4.78 is 0. The van der Waals surface area contributed by atoms with E-state index in [0.29, 0.717) is 35.7 Å². The Morgan fingerprint density at radius 3 is 2.41 bits per heavy atom. The smallest absolute Gasteiger partial charge is 0.0809 e. The fourth-order valence-electron chi connectivity index (χ4n) is 7.06. The van der Waals surface area contributed by atoms with Crippen LogP contribution in [-0.2, 0) is 0 Å². The first kappa shape index (κ1) is 25.7. The highest BCUT2D eigenvalue weighted by Gasteiger charge is 2.46. The van der Waals surface area contributed by atoms with Crippen LogP contribution >= 0.6 is 0 Å². The molecule has 0 unspecified atom stereocenters. The van der Waals surface area contributed by atoms with Gasteiger partial charge in [-0.05, 0) is 94.0 Å². The molecule has 3 aliphatic carbocycles. The van der Waals surface area contributed by atoms with Crippen molar-refractivity contribution >= 4 is 0 Å². The number of allylic oxidation sites excluding steroid dienone is 3. The van der Waals surface area contributed by atoms with Crippen LogP contribution in [0.15, 0.2) is 35.5 Å². The molecule has 182 valence electrons. The van der Waals surface area contributed by atoms with Crippen LogP contribution in [0.5, 0.6) is 0 Å². The van der Waals surface area contributed by atoms with Crippen molar-refractivity contribution in [2.75, 3.05) is 0 Å². The SMILES string of the molecule is C=C1[C@H](O)CC(=C/C=C2\CCC[C@@]3(C)[C@H]2CCCC[C@H]3[C@H](C)CCCC(C)(C)O)C[C@H]1O. The first-order valence-electron chi connectivity index (χ1n) is 13.2. The van der Waals surface area contributed by atoms with Crippen molar-refractivity contribution in [3.8, 4) is 0 Å². The van der Waals surface area contributed by atoms with Crippen molar-refractivity contribution < 1.29 is 15.3 Å². The maximum Gasteiger partial charge on any atom is 0.0809 e. The van der Waals surface area contributed by atoms with E-state index in [9.17, 15) is 15.3 Å². The van der Waals surface area contributed by atoms with Gasteiger partial charge in [0.2, 0.25) is 0 Å². The molecule has 0 spiro atoms. The quantitative estimate of drug-likeness (QED) is 0.411. The fourth-order valence-corrected chi connectivity index (χ4v) is 7.06. The number of aliphatic hydroxyl groups is 3. The summed E-state index contributed by atoms with van der Waals surface area (Å²) in [6.45, 7) is 12.7. The van der Waals surface area contributed by atoms with E-state index in [1.807, 2.05) is 13.8 Å². The van der Waals surface area contributed by atoms with Gasteiger partial charge in [0, 0.05) is 0 Å². The zero-order valence-corrected chi connectivity index (χ0v) is 21.1. The number of fused-ring (bicyclic) bond motifs is 1. The third kappa shape index (κ3) is 6.15. The van der Waals surface area contributed by atoms with Crippen LogP contribution < -0.4 is 0 Å². The van der Waals surface area contributed by atoms with Gasteiger partial charge in [0.1, 0.15) is 0 Å². The van der Waals surface area contributed by atoms with Gasteiger partial charge in [-0.3, -0.25) is 0 Å². The summed E-state index contributed by atoms with van der Waals surface area (Å²) in [5, 5.41) is 30.5.